The summed E-state index contributed by atoms with van der Waals surface area (Å²) in [7, 11) is 0. The molecular formula is C36H36O19. The number of rotatable bonds is 10. The summed E-state index contributed by atoms with van der Waals surface area (Å²) in [5, 5.41) is 113. The number of phenolic OH excluding ortho intramolecular Hbond substituents is 5. The van der Waals surface area contributed by atoms with E-state index in [4.69, 9.17) is 28.1 Å². The molecule has 1 aliphatic carbocycles. The average molecular weight is 773 g/mol. The van der Waals surface area contributed by atoms with Crippen molar-refractivity contribution in [2.75, 3.05) is 13.2 Å². The molecule has 2 fully saturated rings. The number of carbonyl (C=O) groups excluding carboxylic acids is 1. The molecule has 0 bridgehead atoms. The second kappa shape index (κ2) is 16.1. The zero-order valence-electron chi connectivity index (χ0n) is 28.2. The second-order valence-corrected chi connectivity index (χ2v) is 12.6. The van der Waals surface area contributed by atoms with Crippen LogP contribution in [0.2, 0.25) is 0 Å². The SMILES string of the molecule is O=C(C=Cc1ccc(O)c(O)c1)OC[C@H]1O[C@@H](Oc2cc3c(O)cc(=O)cc-3oc2-c2ccc(O)c(O)c2)[C@H](O[C@@H]2O[C@H](CO)[C@@H](O)[C@H](O)[C@H]2O)[C@@H](O)[C@@H]1O. The average Bonchev–Trinajstić information content (AvgIpc) is 3.15. The monoisotopic (exact) mass is 772 g/mol. The number of esters is 1. The fourth-order valence-electron chi connectivity index (χ4n) is 5.89. The zero-order valence-corrected chi connectivity index (χ0v) is 28.2. The smallest absolute Gasteiger partial charge is 0.330 e. The fraction of sp³-hybridized carbons (Fsp3) is 0.333. The maximum absolute atomic E-state index is 12.6. The molecule has 55 heavy (non-hydrogen) atoms. The number of benzene rings is 3. The van der Waals surface area contributed by atoms with E-state index in [1.807, 2.05) is 0 Å². The van der Waals surface area contributed by atoms with Crippen molar-refractivity contribution in [1.82, 2.24) is 0 Å². The van der Waals surface area contributed by atoms with Gasteiger partial charge in [0.2, 0.25) is 6.29 Å². The number of hydrogen-bond donors (Lipinski definition) is 11. The lowest BCUT2D eigenvalue weighted by Crippen LogP contribution is -2.65. The molecule has 2 aromatic carbocycles. The molecule has 19 heteroatoms. The summed E-state index contributed by atoms with van der Waals surface area (Å²) < 4.78 is 34.4. The van der Waals surface area contributed by atoms with Crippen LogP contribution in [0.3, 0.4) is 0 Å². The van der Waals surface area contributed by atoms with Crippen LogP contribution in [0.5, 0.6) is 34.5 Å². The highest BCUT2D eigenvalue weighted by atomic mass is 16.8. The van der Waals surface area contributed by atoms with Crippen molar-refractivity contribution in [2.24, 2.45) is 0 Å². The Morgan fingerprint density at radius 2 is 1.38 bits per heavy atom. The van der Waals surface area contributed by atoms with E-state index >= 15 is 0 Å². The third-order valence-electron chi connectivity index (χ3n) is 8.87. The predicted molar refractivity (Wildman–Crippen MR) is 182 cm³/mol. The van der Waals surface area contributed by atoms with Crippen LogP contribution in [-0.2, 0) is 23.7 Å². The van der Waals surface area contributed by atoms with Crippen LogP contribution in [0.25, 0.3) is 28.7 Å². The molecule has 19 nitrogen and oxygen atoms in total. The second-order valence-electron chi connectivity index (χ2n) is 12.6. The quantitative estimate of drug-likeness (QED) is 0.0534. The van der Waals surface area contributed by atoms with Crippen LogP contribution in [0, 0.1) is 0 Å². The molecule has 10 atom stereocenters. The molecule has 0 unspecified atom stereocenters. The largest absolute Gasteiger partial charge is 0.507 e. The topological polar surface area (TPSA) is 316 Å². The van der Waals surface area contributed by atoms with E-state index in [2.05, 4.69) is 0 Å². The summed E-state index contributed by atoms with van der Waals surface area (Å²) in [6.07, 6.45) is -16.0. The summed E-state index contributed by atoms with van der Waals surface area (Å²) in [5.41, 5.74) is -0.334. The van der Waals surface area contributed by atoms with E-state index in [0.29, 0.717) is 5.56 Å². The Morgan fingerprint density at radius 3 is 2.07 bits per heavy atom. The maximum atomic E-state index is 12.6. The van der Waals surface area contributed by atoms with E-state index < -0.39 is 109 Å². The van der Waals surface area contributed by atoms with Gasteiger partial charge in [0.25, 0.3) is 0 Å². The molecule has 3 heterocycles. The molecule has 0 saturated carbocycles. The molecule has 2 aromatic rings. The number of aliphatic hydroxyl groups is 6. The van der Waals surface area contributed by atoms with Gasteiger partial charge in [-0.1, -0.05) is 6.07 Å². The molecule has 0 aromatic heterocycles. The zero-order chi connectivity index (χ0) is 39.7. The highest BCUT2D eigenvalue weighted by molar-refractivity contribution is 5.87. The van der Waals surface area contributed by atoms with Gasteiger partial charge in [-0.05, 0) is 48.0 Å². The first-order valence-corrected chi connectivity index (χ1v) is 16.5. The Morgan fingerprint density at radius 1 is 0.709 bits per heavy atom. The molecule has 4 aliphatic rings. The van der Waals surface area contributed by atoms with Crippen LogP contribution < -0.4 is 10.2 Å². The van der Waals surface area contributed by atoms with Crippen LogP contribution in [0.1, 0.15) is 5.56 Å². The van der Waals surface area contributed by atoms with Crippen molar-refractivity contribution in [1.29, 1.82) is 0 Å². The molecule has 0 amide bonds. The van der Waals surface area contributed by atoms with Crippen LogP contribution in [0.15, 0.2) is 69.9 Å². The van der Waals surface area contributed by atoms with E-state index in [9.17, 15) is 65.8 Å². The van der Waals surface area contributed by atoms with E-state index in [0.717, 1.165) is 30.3 Å². The van der Waals surface area contributed by atoms with E-state index in [1.165, 1.54) is 36.4 Å². The molecule has 0 radical (unpaired) electrons. The van der Waals surface area contributed by atoms with Gasteiger partial charge in [0.1, 0.15) is 60.8 Å². The normalized spacial score (nSPS) is 28.3. The summed E-state index contributed by atoms with van der Waals surface area (Å²) >= 11 is 0. The van der Waals surface area contributed by atoms with Crippen molar-refractivity contribution < 1.29 is 89.1 Å². The van der Waals surface area contributed by atoms with Gasteiger partial charge in [-0.25, -0.2) is 4.79 Å². The van der Waals surface area contributed by atoms with Gasteiger partial charge in [-0.3, -0.25) is 4.79 Å². The maximum Gasteiger partial charge on any atom is 0.330 e. The minimum atomic E-state index is -2.01. The molecule has 11 N–H and O–H groups in total. The third kappa shape index (κ3) is 8.29. The number of aromatic hydroxyl groups is 5. The summed E-state index contributed by atoms with van der Waals surface area (Å²) in [6, 6.07) is 10.4. The highest BCUT2D eigenvalue weighted by Gasteiger charge is 2.52. The highest BCUT2D eigenvalue weighted by Crippen LogP contribution is 2.43. The Bertz CT molecular complexity index is 2060. The first-order valence-electron chi connectivity index (χ1n) is 16.5. The third-order valence-corrected chi connectivity index (χ3v) is 8.87. The lowest BCUT2D eigenvalue weighted by atomic mass is 9.97. The van der Waals surface area contributed by atoms with Gasteiger partial charge < -0.3 is 84.3 Å². The minimum absolute atomic E-state index is 0.0463. The van der Waals surface area contributed by atoms with Gasteiger partial charge in [0, 0.05) is 23.8 Å². The molecule has 294 valence electrons. The molecule has 6 rings (SSSR count). The molecular weight excluding hydrogens is 736 g/mol. The first kappa shape index (κ1) is 39.2. The Balaban J connectivity index is 1.34. The lowest BCUT2D eigenvalue weighted by molar-refractivity contribution is -0.357. The number of aliphatic hydroxyl groups excluding tert-OH is 6. The van der Waals surface area contributed by atoms with Gasteiger partial charge in [-0.15, -0.1) is 0 Å². The number of fused-ring (bicyclic) bond motifs is 1. The van der Waals surface area contributed by atoms with E-state index in [1.54, 1.807) is 0 Å². The molecule has 2 saturated heterocycles. The number of phenols is 5. The first-order chi connectivity index (χ1) is 26.1. The Kier molecular flexibility index (Phi) is 11.5. The molecule has 0 spiro atoms. The number of carbonyl (C=O) groups is 1. The molecule has 3 aliphatic heterocycles. The van der Waals surface area contributed by atoms with E-state index in [-0.39, 0.29) is 34.1 Å². The van der Waals surface area contributed by atoms with Gasteiger partial charge in [-0.2, -0.15) is 0 Å². The van der Waals surface area contributed by atoms with Crippen molar-refractivity contribution in [3.05, 3.63) is 76.5 Å². The minimum Gasteiger partial charge on any atom is -0.507 e. The van der Waals surface area contributed by atoms with Crippen molar-refractivity contribution in [3.63, 3.8) is 0 Å². The van der Waals surface area contributed by atoms with Gasteiger partial charge in [0.15, 0.2) is 52.3 Å². The predicted octanol–water partition coefficient (Wildman–Crippen LogP) is -0.793. The Labute approximate surface area is 309 Å². The summed E-state index contributed by atoms with van der Waals surface area (Å²) in [6.45, 7) is -1.55. The number of hydrogen-bond acceptors (Lipinski definition) is 19. The van der Waals surface area contributed by atoms with Gasteiger partial charge >= 0.3 is 5.97 Å². The van der Waals surface area contributed by atoms with Crippen molar-refractivity contribution >= 4 is 12.0 Å². The van der Waals surface area contributed by atoms with Crippen LogP contribution in [0.4, 0.5) is 0 Å². The lowest BCUT2D eigenvalue weighted by Gasteiger charge is -2.46. The summed E-state index contributed by atoms with van der Waals surface area (Å²) in [4.78, 5) is 24.8. The van der Waals surface area contributed by atoms with Crippen molar-refractivity contribution in [2.45, 2.75) is 61.4 Å². The van der Waals surface area contributed by atoms with Gasteiger partial charge in [0.05, 0.1) is 12.2 Å². The number of ether oxygens (including phenoxy) is 5. The van der Waals surface area contributed by atoms with Crippen molar-refractivity contribution in [3.8, 4) is 57.1 Å². The Hall–Kier alpha value is -5.48. The fourth-order valence-corrected chi connectivity index (χ4v) is 5.89. The van der Waals surface area contributed by atoms with Crippen LogP contribution >= 0.6 is 0 Å². The summed E-state index contributed by atoms with van der Waals surface area (Å²) in [5.74, 6) is -4.12. The van der Waals surface area contributed by atoms with Crippen LogP contribution in [-0.4, -0.2) is 137 Å². The standard InChI is InChI=1S/C36H36O19/c37-12-25-28(45)30(47)32(49)35(53-25)55-34-31(48)29(46)26(13-50-27(44)6-2-14-1-4-18(39)21(42)7-14)54-36(34)52-24-11-17-20(41)9-16(38)10-23(17)51-33(24)15-3-5-19(40)22(43)8-15/h1-11,25-26,28-32,34-37,39-43,45-49H,12-13H2/t25-,26-,28-,29-,30+,31+,32-,34-,35+,36-/m1/s1.